The third kappa shape index (κ3) is 6.46. The van der Waals surface area contributed by atoms with E-state index in [-0.39, 0.29) is 11.6 Å². The number of carbonyl (C=O) groups is 1. The van der Waals surface area contributed by atoms with E-state index in [4.69, 9.17) is 20.9 Å². The smallest absolute Gasteiger partial charge is 0.277 e. The predicted octanol–water partition coefficient (Wildman–Crippen LogP) is 8.43. The first-order chi connectivity index (χ1) is 18.5. The molecule has 5 rings (SSSR count). The molecule has 38 heavy (non-hydrogen) atoms. The Bertz CT molecular complexity index is 1550. The zero-order valence-corrected chi connectivity index (χ0v) is 22.3. The summed E-state index contributed by atoms with van der Waals surface area (Å²) in [6.07, 6.45) is 0. The molecule has 5 nitrogen and oxygen atoms in total. The van der Waals surface area contributed by atoms with Crippen LogP contribution in [-0.4, -0.2) is 11.1 Å². The molecule has 190 valence electrons. The summed E-state index contributed by atoms with van der Waals surface area (Å²) >= 11 is 7.73. The minimum Gasteiger partial charge on any atom is -0.489 e. The molecule has 0 radical (unpaired) electrons. The zero-order chi connectivity index (χ0) is 26.3. The van der Waals surface area contributed by atoms with E-state index in [1.807, 2.05) is 84.9 Å². The fraction of sp³-hybridized carbons (Fsp3) is 0.0968. The molecule has 0 saturated carbocycles. The topological polar surface area (TPSA) is 64.4 Å². The molecule has 4 aromatic carbocycles. The first-order valence-corrected chi connectivity index (χ1v) is 13.4. The summed E-state index contributed by atoms with van der Waals surface area (Å²) in [7, 11) is 0. The Labute approximate surface area is 230 Å². The maximum atomic E-state index is 13.0. The van der Waals surface area contributed by atoms with Gasteiger partial charge in [-0.3, -0.25) is 4.79 Å². The van der Waals surface area contributed by atoms with Gasteiger partial charge in [0.15, 0.2) is 11.5 Å². The number of thioether (sulfide) groups is 1. The minimum atomic E-state index is -0.339. The van der Waals surface area contributed by atoms with E-state index in [2.05, 4.69) is 29.5 Å². The number of aromatic nitrogens is 1. The van der Waals surface area contributed by atoms with Gasteiger partial charge in [0.05, 0.1) is 5.69 Å². The van der Waals surface area contributed by atoms with Crippen LogP contribution in [-0.2, 0) is 12.4 Å². The van der Waals surface area contributed by atoms with Gasteiger partial charge in [-0.2, -0.15) is 0 Å². The lowest BCUT2D eigenvalue weighted by molar-refractivity contribution is 0.101. The van der Waals surface area contributed by atoms with Crippen molar-refractivity contribution in [3.63, 3.8) is 0 Å². The Morgan fingerprint density at radius 2 is 1.74 bits per heavy atom. The van der Waals surface area contributed by atoms with Crippen LogP contribution in [0, 0.1) is 6.92 Å². The van der Waals surface area contributed by atoms with E-state index in [9.17, 15) is 4.79 Å². The molecule has 0 aliphatic rings. The first-order valence-electron chi connectivity index (χ1n) is 12.1. The Kier molecular flexibility index (Phi) is 8.12. The second-order valence-corrected chi connectivity index (χ2v) is 10.1. The maximum Gasteiger partial charge on any atom is 0.277 e. The lowest BCUT2D eigenvalue weighted by Crippen LogP contribution is -2.12. The summed E-state index contributed by atoms with van der Waals surface area (Å²) in [5.41, 5.74) is 5.17. The number of amides is 1. The number of nitrogens with zero attached hydrogens (tertiary/aromatic N) is 1. The summed E-state index contributed by atoms with van der Waals surface area (Å²) in [4.78, 5) is 13.9. The summed E-state index contributed by atoms with van der Waals surface area (Å²) in [5, 5.41) is 7.65. The van der Waals surface area contributed by atoms with Crippen molar-refractivity contribution in [2.45, 2.75) is 24.2 Å². The Morgan fingerprint density at radius 1 is 0.947 bits per heavy atom. The van der Waals surface area contributed by atoms with Crippen LogP contribution in [0.2, 0.25) is 5.02 Å². The van der Waals surface area contributed by atoms with Crippen molar-refractivity contribution in [2.75, 3.05) is 5.32 Å². The van der Waals surface area contributed by atoms with Gasteiger partial charge in [0, 0.05) is 27.3 Å². The molecule has 0 aliphatic carbocycles. The molecule has 5 aromatic rings. The van der Waals surface area contributed by atoms with Gasteiger partial charge in [-0.15, -0.1) is 11.8 Å². The van der Waals surface area contributed by atoms with Crippen LogP contribution < -0.4 is 10.1 Å². The number of hydrogen-bond donors (Lipinski definition) is 1. The highest BCUT2D eigenvalue weighted by molar-refractivity contribution is 7.98. The number of ether oxygens (including phenoxy) is 1. The third-order valence-electron chi connectivity index (χ3n) is 5.96. The second-order valence-electron chi connectivity index (χ2n) is 8.68. The number of aryl methyl sites for hydroxylation is 1. The number of anilines is 1. The molecule has 1 N–H and O–H groups in total. The van der Waals surface area contributed by atoms with E-state index in [0.717, 1.165) is 33.1 Å². The highest BCUT2D eigenvalue weighted by atomic mass is 35.5. The summed E-state index contributed by atoms with van der Waals surface area (Å²) < 4.78 is 11.4. The van der Waals surface area contributed by atoms with Crippen molar-refractivity contribution < 1.29 is 14.1 Å². The van der Waals surface area contributed by atoms with E-state index in [1.54, 1.807) is 17.8 Å². The lowest BCUT2D eigenvalue weighted by Gasteiger charge is -2.10. The van der Waals surface area contributed by atoms with Gasteiger partial charge in [0.25, 0.3) is 5.91 Å². The SMILES string of the molecule is Cc1ccccc1COc1ccc(-c2cc(C(=O)Nc3ccccc3SCc3cccc(Cl)c3)no2)cc1. The fourth-order valence-corrected chi connectivity index (χ4v) is 5.00. The Hall–Kier alpha value is -4.00. The number of para-hydroxylation sites is 1. The monoisotopic (exact) mass is 540 g/mol. The number of carbonyl (C=O) groups excluding carboxylic acids is 1. The van der Waals surface area contributed by atoms with E-state index >= 15 is 0 Å². The fourth-order valence-electron chi connectivity index (χ4n) is 3.84. The number of benzene rings is 4. The van der Waals surface area contributed by atoms with Gasteiger partial charge in [0.2, 0.25) is 0 Å². The Morgan fingerprint density at radius 3 is 2.55 bits per heavy atom. The number of rotatable bonds is 9. The van der Waals surface area contributed by atoms with Crippen LogP contribution in [0.1, 0.15) is 27.2 Å². The molecule has 0 unspecified atom stereocenters. The van der Waals surface area contributed by atoms with Crippen molar-refractivity contribution >= 4 is 35.0 Å². The third-order valence-corrected chi connectivity index (χ3v) is 7.34. The van der Waals surface area contributed by atoms with Crippen molar-refractivity contribution in [3.05, 3.63) is 131 Å². The van der Waals surface area contributed by atoms with Gasteiger partial charge in [0.1, 0.15) is 12.4 Å². The molecule has 0 aliphatic heterocycles. The summed E-state index contributed by atoms with van der Waals surface area (Å²) in [5.74, 6) is 1.64. The van der Waals surface area contributed by atoms with Gasteiger partial charge in [-0.25, -0.2) is 0 Å². The van der Waals surface area contributed by atoms with Crippen molar-refractivity contribution in [1.82, 2.24) is 5.16 Å². The van der Waals surface area contributed by atoms with E-state index in [0.29, 0.717) is 23.1 Å². The molecule has 1 heterocycles. The molecule has 0 saturated heterocycles. The zero-order valence-electron chi connectivity index (χ0n) is 20.7. The number of hydrogen-bond acceptors (Lipinski definition) is 5. The van der Waals surface area contributed by atoms with Crippen molar-refractivity contribution in [1.29, 1.82) is 0 Å². The largest absolute Gasteiger partial charge is 0.489 e. The molecule has 0 bridgehead atoms. The Balaban J connectivity index is 1.21. The summed E-state index contributed by atoms with van der Waals surface area (Å²) in [6.45, 7) is 2.56. The molecular weight excluding hydrogens is 516 g/mol. The molecule has 0 atom stereocenters. The standard InChI is InChI=1S/C31H25ClN2O3S/c1-21-7-2-3-9-24(21)19-36-26-15-13-23(14-16-26)29-18-28(34-37-29)31(35)33-27-11-4-5-12-30(27)38-20-22-8-6-10-25(32)17-22/h2-18H,19-20H2,1H3,(H,33,35). The molecular formula is C31H25ClN2O3S. The van der Waals surface area contributed by atoms with Crippen LogP contribution in [0.3, 0.4) is 0 Å². The number of nitrogens with one attached hydrogen (secondary N) is 1. The van der Waals surface area contributed by atoms with Crippen LogP contribution in [0.15, 0.2) is 113 Å². The van der Waals surface area contributed by atoms with Crippen molar-refractivity contribution in [2.24, 2.45) is 0 Å². The van der Waals surface area contributed by atoms with E-state index < -0.39 is 0 Å². The predicted molar refractivity (Wildman–Crippen MR) is 153 cm³/mol. The number of halogens is 1. The van der Waals surface area contributed by atoms with Crippen LogP contribution in [0.4, 0.5) is 5.69 Å². The minimum absolute atomic E-state index is 0.203. The van der Waals surface area contributed by atoms with Gasteiger partial charge >= 0.3 is 0 Å². The molecule has 0 fully saturated rings. The summed E-state index contributed by atoms with van der Waals surface area (Å²) in [6, 6.07) is 32.7. The quantitative estimate of drug-likeness (QED) is 0.190. The van der Waals surface area contributed by atoms with Gasteiger partial charge in [-0.1, -0.05) is 65.3 Å². The normalized spacial score (nSPS) is 10.8. The molecule has 1 aromatic heterocycles. The maximum absolute atomic E-state index is 13.0. The lowest BCUT2D eigenvalue weighted by atomic mass is 10.1. The molecule has 7 heteroatoms. The molecule has 0 spiro atoms. The second kappa shape index (κ2) is 12.0. The van der Waals surface area contributed by atoms with E-state index in [1.165, 1.54) is 5.56 Å². The average molecular weight is 541 g/mol. The highest BCUT2D eigenvalue weighted by Crippen LogP contribution is 2.31. The van der Waals surface area contributed by atoms with Gasteiger partial charge in [-0.05, 0) is 72.1 Å². The molecule has 1 amide bonds. The first kappa shape index (κ1) is 25.6. The van der Waals surface area contributed by atoms with Crippen LogP contribution in [0.5, 0.6) is 5.75 Å². The van der Waals surface area contributed by atoms with Crippen LogP contribution in [0.25, 0.3) is 11.3 Å². The van der Waals surface area contributed by atoms with Gasteiger partial charge < -0.3 is 14.6 Å². The van der Waals surface area contributed by atoms with Crippen LogP contribution >= 0.6 is 23.4 Å². The average Bonchev–Trinajstić information content (AvgIpc) is 3.43. The van der Waals surface area contributed by atoms with Crippen molar-refractivity contribution in [3.8, 4) is 17.1 Å². The highest BCUT2D eigenvalue weighted by Gasteiger charge is 2.16.